The number of hydrogen-bond acceptors (Lipinski definition) is 3. The maximum absolute atomic E-state index is 6.38. The normalized spacial score (nSPS) is 12.9. The molecule has 0 bridgehead atoms. The van der Waals surface area contributed by atoms with E-state index < -0.39 is 0 Å². The number of rotatable bonds is 6. The molecule has 0 saturated carbocycles. The Morgan fingerprint density at radius 1 is 1.29 bits per heavy atom. The Hall–Kier alpha value is -1.33. The molecule has 116 valence electrons. The highest BCUT2D eigenvalue weighted by molar-refractivity contribution is 6.30. The van der Waals surface area contributed by atoms with Crippen LogP contribution in [0, 0.1) is 13.8 Å². The Labute approximate surface area is 131 Å². The summed E-state index contributed by atoms with van der Waals surface area (Å²) in [7, 11) is 3.85. The van der Waals surface area contributed by atoms with Crippen LogP contribution in [0.2, 0.25) is 5.15 Å². The van der Waals surface area contributed by atoms with Crippen LogP contribution in [0.3, 0.4) is 0 Å². The molecule has 2 rings (SSSR count). The topological polar surface area (TPSA) is 47.7 Å². The fourth-order valence-electron chi connectivity index (χ4n) is 2.58. The number of nitrogens with one attached hydrogen (secondary N) is 1. The molecule has 5 nitrogen and oxygen atoms in total. The summed E-state index contributed by atoms with van der Waals surface area (Å²) in [5.74, 6) is 0. The van der Waals surface area contributed by atoms with Gasteiger partial charge in [0.1, 0.15) is 5.15 Å². The summed E-state index contributed by atoms with van der Waals surface area (Å²) in [5, 5.41) is 13.1. The molecule has 0 spiro atoms. The molecule has 21 heavy (non-hydrogen) atoms. The molecule has 0 aromatic carbocycles. The minimum Gasteiger partial charge on any atom is -0.310 e. The lowest BCUT2D eigenvalue weighted by Gasteiger charge is -2.18. The Morgan fingerprint density at radius 2 is 2.00 bits per heavy atom. The molecule has 0 amide bonds. The minimum absolute atomic E-state index is 0.207. The second-order valence-electron chi connectivity index (χ2n) is 5.50. The van der Waals surface area contributed by atoms with E-state index in [9.17, 15) is 0 Å². The van der Waals surface area contributed by atoms with Crippen LogP contribution in [0.15, 0.2) is 6.20 Å². The largest absolute Gasteiger partial charge is 0.310 e. The Morgan fingerprint density at radius 3 is 2.48 bits per heavy atom. The van der Waals surface area contributed by atoms with Gasteiger partial charge in [-0.2, -0.15) is 10.2 Å². The fourth-order valence-corrected chi connectivity index (χ4v) is 2.83. The summed E-state index contributed by atoms with van der Waals surface area (Å²) in [6, 6.07) is 0.207. The van der Waals surface area contributed by atoms with Gasteiger partial charge >= 0.3 is 0 Å². The highest BCUT2D eigenvalue weighted by Gasteiger charge is 2.21. The molecule has 2 heterocycles. The molecule has 0 aliphatic heterocycles. The van der Waals surface area contributed by atoms with Crippen molar-refractivity contribution in [3.63, 3.8) is 0 Å². The van der Waals surface area contributed by atoms with E-state index in [2.05, 4.69) is 29.4 Å². The molecular weight excluding hydrogens is 286 g/mol. The zero-order chi connectivity index (χ0) is 15.6. The predicted molar refractivity (Wildman–Crippen MR) is 85.6 cm³/mol. The molecule has 0 radical (unpaired) electrons. The van der Waals surface area contributed by atoms with E-state index in [0.29, 0.717) is 0 Å². The summed E-state index contributed by atoms with van der Waals surface area (Å²) in [6.07, 6.45) is 3.86. The van der Waals surface area contributed by atoms with E-state index in [-0.39, 0.29) is 6.04 Å². The van der Waals surface area contributed by atoms with Gasteiger partial charge < -0.3 is 5.32 Å². The average Bonchev–Trinajstić information content (AvgIpc) is 2.89. The Balaban J connectivity index is 2.30. The van der Waals surface area contributed by atoms with Crippen LogP contribution < -0.4 is 5.32 Å². The van der Waals surface area contributed by atoms with Crippen LogP contribution in [0.5, 0.6) is 0 Å². The van der Waals surface area contributed by atoms with Crippen molar-refractivity contribution in [1.82, 2.24) is 24.9 Å². The maximum atomic E-state index is 6.38. The highest BCUT2D eigenvalue weighted by atomic mass is 35.5. The molecule has 0 saturated heterocycles. The number of nitrogens with zero attached hydrogens (tertiary/aromatic N) is 4. The van der Waals surface area contributed by atoms with E-state index >= 15 is 0 Å². The zero-order valence-electron chi connectivity index (χ0n) is 13.4. The molecule has 0 fully saturated rings. The number of hydrogen-bond donors (Lipinski definition) is 1. The van der Waals surface area contributed by atoms with Crippen LogP contribution in [0.1, 0.15) is 41.9 Å². The molecular formula is C15H24ClN5. The smallest absolute Gasteiger partial charge is 0.130 e. The third-order valence-electron chi connectivity index (χ3n) is 3.97. The van der Waals surface area contributed by atoms with E-state index in [1.54, 1.807) is 4.68 Å². The fraction of sp³-hybridized carbons (Fsp3) is 0.600. The molecule has 1 N–H and O–H groups in total. The standard InChI is InChI=1S/C15H24ClN5/c1-6-7-17-14(13-9-18-20(4)11(13)3)8-12-10(2)19-21(5)15(12)16/h9,14,17H,6-8H2,1-5H3. The summed E-state index contributed by atoms with van der Waals surface area (Å²) >= 11 is 6.38. The Bertz CT molecular complexity index is 614. The van der Waals surface area contributed by atoms with Crippen molar-refractivity contribution in [2.24, 2.45) is 14.1 Å². The molecule has 2 aromatic heterocycles. The van der Waals surface area contributed by atoms with Gasteiger partial charge in [0.05, 0.1) is 11.9 Å². The van der Waals surface area contributed by atoms with Crippen molar-refractivity contribution in [2.45, 2.75) is 39.7 Å². The lowest BCUT2D eigenvalue weighted by Crippen LogP contribution is -2.24. The quantitative estimate of drug-likeness (QED) is 0.892. The SMILES string of the molecule is CCCNC(Cc1c(C)nn(C)c1Cl)c1cnn(C)c1C. The maximum Gasteiger partial charge on any atom is 0.130 e. The van der Waals surface area contributed by atoms with Crippen molar-refractivity contribution in [1.29, 1.82) is 0 Å². The first-order chi connectivity index (χ1) is 9.95. The number of aromatic nitrogens is 4. The second kappa shape index (κ2) is 6.62. The van der Waals surface area contributed by atoms with Gasteiger partial charge in [-0.3, -0.25) is 9.36 Å². The van der Waals surface area contributed by atoms with Crippen LogP contribution in [-0.2, 0) is 20.5 Å². The first-order valence-electron chi connectivity index (χ1n) is 7.35. The first kappa shape index (κ1) is 16.0. The summed E-state index contributed by atoms with van der Waals surface area (Å²) < 4.78 is 3.65. The van der Waals surface area contributed by atoms with Crippen LogP contribution >= 0.6 is 11.6 Å². The molecule has 1 unspecified atom stereocenters. The van der Waals surface area contributed by atoms with Crippen molar-refractivity contribution in [3.05, 3.63) is 33.9 Å². The molecule has 2 aromatic rings. The van der Waals surface area contributed by atoms with E-state index in [1.807, 2.05) is 31.9 Å². The van der Waals surface area contributed by atoms with Crippen LogP contribution in [0.4, 0.5) is 0 Å². The summed E-state index contributed by atoms with van der Waals surface area (Å²) in [6.45, 7) is 7.24. The third-order valence-corrected chi connectivity index (χ3v) is 4.44. The molecule has 0 aliphatic carbocycles. The van der Waals surface area contributed by atoms with E-state index in [0.717, 1.165) is 35.8 Å². The zero-order valence-corrected chi connectivity index (χ0v) is 14.2. The van der Waals surface area contributed by atoms with Crippen LogP contribution in [-0.4, -0.2) is 26.1 Å². The van der Waals surface area contributed by atoms with Gasteiger partial charge in [-0.25, -0.2) is 0 Å². The predicted octanol–water partition coefficient (Wildman–Crippen LogP) is 2.71. The van der Waals surface area contributed by atoms with Crippen molar-refractivity contribution in [2.75, 3.05) is 6.54 Å². The molecule has 0 aliphatic rings. The van der Waals surface area contributed by atoms with E-state index in [1.165, 1.54) is 11.3 Å². The lowest BCUT2D eigenvalue weighted by molar-refractivity contribution is 0.525. The first-order valence-corrected chi connectivity index (χ1v) is 7.73. The van der Waals surface area contributed by atoms with Gasteiger partial charge in [-0.15, -0.1) is 0 Å². The van der Waals surface area contributed by atoms with Crippen molar-refractivity contribution < 1.29 is 0 Å². The monoisotopic (exact) mass is 309 g/mol. The van der Waals surface area contributed by atoms with Gasteiger partial charge in [-0.05, 0) is 33.2 Å². The van der Waals surface area contributed by atoms with Crippen molar-refractivity contribution >= 4 is 11.6 Å². The lowest BCUT2D eigenvalue weighted by atomic mass is 9.99. The van der Waals surface area contributed by atoms with Crippen molar-refractivity contribution in [3.8, 4) is 0 Å². The third kappa shape index (κ3) is 3.30. The molecule has 6 heteroatoms. The van der Waals surface area contributed by atoms with Gasteiger partial charge in [-0.1, -0.05) is 18.5 Å². The number of aryl methyl sites for hydroxylation is 3. The summed E-state index contributed by atoms with van der Waals surface area (Å²) in [4.78, 5) is 0. The van der Waals surface area contributed by atoms with Gasteiger partial charge in [0.2, 0.25) is 0 Å². The summed E-state index contributed by atoms with van der Waals surface area (Å²) in [5.41, 5.74) is 4.51. The van der Waals surface area contributed by atoms with Gasteiger partial charge in [0.15, 0.2) is 0 Å². The van der Waals surface area contributed by atoms with Gasteiger partial charge in [0, 0.05) is 37.0 Å². The van der Waals surface area contributed by atoms with Gasteiger partial charge in [0.25, 0.3) is 0 Å². The molecule has 1 atom stereocenters. The average molecular weight is 310 g/mol. The highest BCUT2D eigenvalue weighted by Crippen LogP contribution is 2.27. The van der Waals surface area contributed by atoms with Crippen LogP contribution in [0.25, 0.3) is 0 Å². The Kier molecular flexibility index (Phi) is 5.06. The second-order valence-corrected chi connectivity index (χ2v) is 5.86. The minimum atomic E-state index is 0.207. The number of halogens is 1. The van der Waals surface area contributed by atoms with E-state index in [4.69, 9.17) is 11.6 Å².